The third kappa shape index (κ3) is 5.93. The zero-order valence-electron chi connectivity index (χ0n) is 10.4. The number of hydrogen-bond donors (Lipinski definition) is 0. The van der Waals surface area contributed by atoms with Gasteiger partial charge >= 0.3 is 8.80 Å². The van der Waals surface area contributed by atoms with Crippen LogP contribution in [0.25, 0.3) is 0 Å². The fourth-order valence-electron chi connectivity index (χ4n) is 1.14. The molecule has 1 fully saturated rings. The second kappa shape index (κ2) is 7.36. The lowest BCUT2D eigenvalue weighted by atomic mass is 10.3. The largest absolute Gasteiger partial charge is 0.497 e. The second-order valence-corrected chi connectivity index (χ2v) is 6.69. The Morgan fingerprint density at radius 1 is 1.19 bits per heavy atom. The van der Waals surface area contributed by atoms with Crippen LogP contribution in [0.5, 0.6) is 0 Å². The van der Waals surface area contributed by atoms with E-state index in [1.807, 2.05) is 6.55 Å². The van der Waals surface area contributed by atoms with E-state index in [-0.39, 0.29) is 0 Å². The lowest BCUT2D eigenvalue weighted by molar-refractivity contribution is 0.0893. The van der Waals surface area contributed by atoms with Crippen molar-refractivity contribution < 1.29 is 22.8 Å². The number of rotatable bonds is 10. The van der Waals surface area contributed by atoms with Crippen LogP contribution in [0.2, 0.25) is 6.55 Å². The molecular weight excluding hydrogens is 228 g/mol. The summed E-state index contributed by atoms with van der Waals surface area (Å²) in [5.74, 6) is 0. The van der Waals surface area contributed by atoms with Gasteiger partial charge in [-0.1, -0.05) is 0 Å². The van der Waals surface area contributed by atoms with Crippen LogP contribution in [0.4, 0.5) is 0 Å². The van der Waals surface area contributed by atoms with Crippen molar-refractivity contribution in [1.29, 1.82) is 0 Å². The van der Waals surface area contributed by atoms with Crippen molar-refractivity contribution in [3.63, 3.8) is 0 Å². The summed E-state index contributed by atoms with van der Waals surface area (Å²) in [7, 11) is 0.904. The SMILES string of the molecule is CO[Si](C)(OC)OCCCCOC[C@H]1CO1. The molecule has 1 saturated heterocycles. The maximum atomic E-state index is 5.58. The van der Waals surface area contributed by atoms with Gasteiger partial charge in [-0.2, -0.15) is 0 Å². The first-order chi connectivity index (χ1) is 7.70. The Bertz CT molecular complexity index is 182. The van der Waals surface area contributed by atoms with E-state index in [2.05, 4.69) is 0 Å². The molecule has 1 aliphatic heterocycles. The van der Waals surface area contributed by atoms with Crippen molar-refractivity contribution in [3.8, 4) is 0 Å². The van der Waals surface area contributed by atoms with Crippen molar-refractivity contribution in [2.75, 3.05) is 40.6 Å². The van der Waals surface area contributed by atoms with Gasteiger partial charge in [0.2, 0.25) is 0 Å². The van der Waals surface area contributed by atoms with Crippen LogP contribution in [-0.2, 0) is 22.8 Å². The summed E-state index contributed by atoms with van der Waals surface area (Å²) in [6.45, 7) is 4.89. The molecule has 0 saturated carbocycles. The van der Waals surface area contributed by atoms with Crippen molar-refractivity contribution in [2.24, 2.45) is 0 Å². The molecule has 0 aromatic heterocycles. The quantitative estimate of drug-likeness (QED) is 0.330. The minimum Gasteiger partial charge on any atom is -0.379 e. The minimum absolute atomic E-state index is 0.355. The van der Waals surface area contributed by atoms with Gasteiger partial charge < -0.3 is 22.8 Å². The van der Waals surface area contributed by atoms with Crippen molar-refractivity contribution in [2.45, 2.75) is 25.5 Å². The lowest BCUT2D eigenvalue weighted by Gasteiger charge is -2.21. The highest BCUT2D eigenvalue weighted by Gasteiger charge is 2.31. The van der Waals surface area contributed by atoms with Crippen LogP contribution >= 0.6 is 0 Å². The van der Waals surface area contributed by atoms with E-state index in [1.165, 1.54) is 0 Å². The van der Waals surface area contributed by atoms with Gasteiger partial charge in [-0.3, -0.25) is 0 Å². The Kier molecular flexibility index (Phi) is 6.48. The van der Waals surface area contributed by atoms with Gasteiger partial charge in [0.05, 0.1) is 13.2 Å². The molecule has 0 bridgehead atoms. The molecule has 5 nitrogen and oxygen atoms in total. The standard InChI is InChI=1S/C10H22O5Si/c1-11-16(3,12-2)15-7-5-4-6-13-8-10-9-14-10/h10H,4-9H2,1-3H3/t10-/m0/s1. The molecule has 0 aromatic rings. The molecule has 0 aliphatic carbocycles. The fraction of sp³-hybridized carbons (Fsp3) is 1.00. The number of hydrogen-bond acceptors (Lipinski definition) is 5. The van der Waals surface area contributed by atoms with E-state index in [4.69, 9.17) is 22.8 Å². The average molecular weight is 250 g/mol. The van der Waals surface area contributed by atoms with Gasteiger partial charge in [-0.25, -0.2) is 0 Å². The highest BCUT2D eigenvalue weighted by Crippen LogP contribution is 2.09. The first-order valence-corrected chi connectivity index (χ1v) is 7.86. The molecule has 6 heteroatoms. The Balaban J connectivity index is 1.86. The molecule has 96 valence electrons. The molecule has 16 heavy (non-hydrogen) atoms. The molecule has 1 heterocycles. The maximum absolute atomic E-state index is 5.58. The summed E-state index contributed by atoms with van der Waals surface area (Å²) in [5.41, 5.74) is 0. The second-order valence-electron chi connectivity index (χ2n) is 3.86. The first kappa shape index (κ1) is 14.1. The van der Waals surface area contributed by atoms with E-state index in [1.54, 1.807) is 14.2 Å². The minimum atomic E-state index is -2.33. The van der Waals surface area contributed by atoms with Gasteiger partial charge in [-0.05, 0) is 12.8 Å². The highest BCUT2D eigenvalue weighted by atomic mass is 28.4. The predicted octanol–water partition coefficient (Wildman–Crippen LogP) is 1.06. The molecule has 0 radical (unpaired) electrons. The van der Waals surface area contributed by atoms with E-state index in [0.717, 1.165) is 32.7 Å². The van der Waals surface area contributed by atoms with Gasteiger partial charge in [0.25, 0.3) is 0 Å². The predicted molar refractivity (Wildman–Crippen MR) is 61.4 cm³/mol. The average Bonchev–Trinajstić information content (AvgIpc) is 3.11. The van der Waals surface area contributed by atoms with Gasteiger partial charge in [0.1, 0.15) is 6.10 Å². The van der Waals surface area contributed by atoms with Crippen LogP contribution in [0.1, 0.15) is 12.8 Å². The Hall–Kier alpha value is 0.0169. The first-order valence-electron chi connectivity index (χ1n) is 5.64. The van der Waals surface area contributed by atoms with Crippen LogP contribution < -0.4 is 0 Å². The molecule has 1 atom stereocenters. The van der Waals surface area contributed by atoms with Crippen LogP contribution in [0.15, 0.2) is 0 Å². The van der Waals surface area contributed by atoms with E-state index in [0.29, 0.717) is 12.7 Å². The van der Waals surface area contributed by atoms with Crippen molar-refractivity contribution in [3.05, 3.63) is 0 Å². The molecule has 0 spiro atoms. The Morgan fingerprint density at radius 2 is 1.81 bits per heavy atom. The molecular formula is C10H22O5Si. The summed E-state index contributed by atoms with van der Waals surface area (Å²) < 4.78 is 26.4. The topological polar surface area (TPSA) is 49.5 Å². The van der Waals surface area contributed by atoms with Gasteiger partial charge in [0.15, 0.2) is 0 Å². The lowest BCUT2D eigenvalue weighted by Crippen LogP contribution is -2.40. The molecule has 0 amide bonds. The van der Waals surface area contributed by atoms with Crippen LogP contribution in [0, 0.1) is 0 Å². The summed E-state index contributed by atoms with van der Waals surface area (Å²) in [6, 6.07) is 0. The highest BCUT2D eigenvalue weighted by molar-refractivity contribution is 6.59. The smallest absolute Gasteiger partial charge is 0.379 e. The van der Waals surface area contributed by atoms with Gasteiger partial charge in [0, 0.05) is 34.0 Å². The summed E-state index contributed by atoms with van der Waals surface area (Å²) in [6.07, 6.45) is 2.31. The van der Waals surface area contributed by atoms with Crippen LogP contribution in [0.3, 0.4) is 0 Å². The third-order valence-electron chi connectivity index (χ3n) is 2.49. The Labute approximate surface area is 98.3 Å². The van der Waals surface area contributed by atoms with Crippen molar-refractivity contribution in [1.82, 2.24) is 0 Å². The molecule has 0 unspecified atom stereocenters. The number of epoxide rings is 1. The monoisotopic (exact) mass is 250 g/mol. The Morgan fingerprint density at radius 3 is 2.38 bits per heavy atom. The molecule has 0 N–H and O–H groups in total. The zero-order valence-corrected chi connectivity index (χ0v) is 11.4. The summed E-state index contributed by atoms with van der Waals surface area (Å²) in [4.78, 5) is 0. The van der Waals surface area contributed by atoms with E-state index < -0.39 is 8.80 Å². The van der Waals surface area contributed by atoms with Crippen molar-refractivity contribution >= 4 is 8.80 Å². The van der Waals surface area contributed by atoms with E-state index >= 15 is 0 Å². The number of unbranched alkanes of at least 4 members (excludes halogenated alkanes) is 1. The summed E-state index contributed by atoms with van der Waals surface area (Å²) in [5, 5.41) is 0. The third-order valence-corrected chi connectivity index (χ3v) is 4.71. The maximum Gasteiger partial charge on any atom is 0.497 e. The zero-order chi connectivity index (χ0) is 11.9. The molecule has 1 rings (SSSR count). The molecule has 0 aromatic carbocycles. The number of ether oxygens (including phenoxy) is 2. The van der Waals surface area contributed by atoms with E-state index in [9.17, 15) is 0 Å². The van der Waals surface area contributed by atoms with Crippen LogP contribution in [-0.4, -0.2) is 55.6 Å². The fourth-order valence-corrected chi connectivity index (χ4v) is 2.06. The van der Waals surface area contributed by atoms with Gasteiger partial charge in [-0.15, -0.1) is 0 Å². The molecule has 1 aliphatic rings. The normalized spacial score (nSPS) is 20.1. The summed E-state index contributed by atoms with van der Waals surface area (Å²) >= 11 is 0.